The topological polar surface area (TPSA) is 12.0 Å². The summed E-state index contributed by atoms with van der Waals surface area (Å²) in [6, 6.07) is 9.15. The SMILES string of the molecule is CC(C)Cc1ccc(C2NCC(C)CS2)cc1. The zero-order valence-electron chi connectivity index (χ0n) is 11.1. The first kappa shape index (κ1) is 13.0. The zero-order chi connectivity index (χ0) is 12.3. The molecule has 1 aromatic rings. The fourth-order valence-electron chi connectivity index (χ4n) is 2.20. The van der Waals surface area contributed by atoms with E-state index in [1.165, 1.54) is 23.3 Å². The summed E-state index contributed by atoms with van der Waals surface area (Å²) in [5.41, 5.74) is 2.88. The summed E-state index contributed by atoms with van der Waals surface area (Å²) in [4.78, 5) is 0. The molecule has 94 valence electrons. The first-order chi connectivity index (χ1) is 8.15. The average molecular weight is 249 g/mol. The molecule has 0 aliphatic carbocycles. The Bertz CT molecular complexity index is 336. The molecule has 1 aliphatic rings. The third-order valence-corrected chi connectivity index (χ3v) is 4.66. The zero-order valence-corrected chi connectivity index (χ0v) is 11.9. The summed E-state index contributed by atoms with van der Waals surface area (Å²) in [7, 11) is 0. The van der Waals surface area contributed by atoms with E-state index in [9.17, 15) is 0 Å². The van der Waals surface area contributed by atoms with Crippen molar-refractivity contribution in [2.75, 3.05) is 12.3 Å². The van der Waals surface area contributed by atoms with E-state index in [4.69, 9.17) is 0 Å². The lowest BCUT2D eigenvalue weighted by molar-refractivity contribution is 0.529. The smallest absolute Gasteiger partial charge is 0.0789 e. The Morgan fingerprint density at radius 2 is 2.00 bits per heavy atom. The van der Waals surface area contributed by atoms with Gasteiger partial charge in [-0.15, -0.1) is 11.8 Å². The fourth-order valence-corrected chi connectivity index (χ4v) is 3.40. The van der Waals surface area contributed by atoms with Crippen LogP contribution in [0.1, 0.15) is 37.3 Å². The number of hydrogen-bond donors (Lipinski definition) is 1. The Morgan fingerprint density at radius 1 is 1.29 bits per heavy atom. The van der Waals surface area contributed by atoms with Crippen LogP contribution in [0.15, 0.2) is 24.3 Å². The molecular weight excluding hydrogens is 226 g/mol. The third-order valence-electron chi connectivity index (χ3n) is 3.13. The van der Waals surface area contributed by atoms with E-state index in [1.807, 2.05) is 11.8 Å². The number of hydrogen-bond acceptors (Lipinski definition) is 2. The minimum absolute atomic E-state index is 0.499. The van der Waals surface area contributed by atoms with Gasteiger partial charge in [-0.05, 0) is 41.7 Å². The van der Waals surface area contributed by atoms with E-state index in [2.05, 4.69) is 50.4 Å². The van der Waals surface area contributed by atoms with Crippen LogP contribution in [0.25, 0.3) is 0 Å². The van der Waals surface area contributed by atoms with Gasteiger partial charge in [0.1, 0.15) is 0 Å². The summed E-state index contributed by atoms with van der Waals surface area (Å²) >= 11 is 2.03. The van der Waals surface area contributed by atoms with E-state index >= 15 is 0 Å². The third kappa shape index (κ3) is 3.75. The second-order valence-corrected chi connectivity index (χ2v) is 6.70. The summed E-state index contributed by atoms with van der Waals surface area (Å²) in [6.07, 6.45) is 1.18. The van der Waals surface area contributed by atoms with Gasteiger partial charge in [-0.2, -0.15) is 0 Å². The quantitative estimate of drug-likeness (QED) is 0.873. The standard InChI is InChI=1S/C15H23NS/c1-11(2)8-13-4-6-14(7-5-13)15-16-9-12(3)10-17-15/h4-7,11-12,15-16H,8-10H2,1-3H3. The molecular formula is C15H23NS. The summed E-state index contributed by atoms with van der Waals surface area (Å²) in [6.45, 7) is 8.00. The minimum atomic E-state index is 0.499. The molecule has 1 aromatic carbocycles. The van der Waals surface area contributed by atoms with E-state index in [1.54, 1.807) is 0 Å². The molecule has 0 aromatic heterocycles. The van der Waals surface area contributed by atoms with Crippen LogP contribution in [0.5, 0.6) is 0 Å². The lowest BCUT2D eigenvalue weighted by atomic mass is 10.0. The summed E-state index contributed by atoms with van der Waals surface area (Å²) < 4.78 is 0. The normalized spacial score (nSPS) is 25.2. The van der Waals surface area contributed by atoms with Gasteiger partial charge in [0.25, 0.3) is 0 Å². The number of benzene rings is 1. The van der Waals surface area contributed by atoms with Gasteiger partial charge >= 0.3 is 0 Å². The van der Waals surface area contributed by atoms with Crippen LogP contribution in [0.3, 0.4) is 0 Å². The molecule has 1 fully saturated rings. The maximum atomic E-state index is 3.61. The van der Waals surface area contributed by atoms with Crippen molar-refractivity contribution in [1.82, 2.24) is 5.32 Å². The maximum absolute atomic E-state index is 3.61. The van der Waals surface area contributed by atoms with Crippen molar-refractivity contribution < 1.29 is 0 Å². The highest BCUT2D eigenvalue weighted by Crippen LogP contribution is 2.31. The van der Waals surface area contributed by atoms with Crippen molar-refractivity contribution in [3.8, 4) is 0 Å². The van der Waals surface area contributed by atoms with Gasteiger partial charge in [0.05, 0.1) is 5.37 Å². The lowest BCUT2D eigenvalue weighted by Crippen LogP contribution is -2.31. The fraction of sp³-hybridized carbons (Fsp3) is 0.600. The van der Waals surface area contributed by atoms with Crippen molar-refractivity contribution in [3.63, 3.8) is 0 Å². The Balaban J connectivity index is 1.97. The molecule has 2 unspecified atom stereocenters. The molecule has 17 heavy (non-hydrogen) atoms. The predicted octanol–water partition coefficient (Wildman–Crippen LogP) is 3.86. The largest absolute Gasteiger partial charge is 0.301 e. The van der Waals surface area contributed by atoms with Gasteiger partial charge in [0.2, 0.25) is 0 Å². The highest BCUT2D eigenvalue weighted by molar-refractivity contribution is 7.99. The van der Waals surface area contributed by atoms with Crippen LogP contribution in [0.2, 0.25) is 0 Å². The highest BCUT2D eigenvalue weighted by atomic mass is 32.2. The molecule has 0 bridgehead atoms. The van der Waals surface area contributed by atoms with E-state index in [-0.39, 0.29) is 0 Å². The van der Waals surface area contributed by atoms with Crippen LogP contribution < -0.4 is 5.32 Å². The minimum Gasteiger partial charge on any atom is -0.301 e. The first-order valence-corrected chi connectivity index (χ1v) is 7.64. The van der Waals surface area contributed by atoms with Gasteiger partial charge in [-0.25, -0.2) is 0 Å². The second-order valence-electron chi connectivity index (χ2n) is 5.57. The number of rotatable bonds is 3. The molecule has 1 aliphatic heterocycles. The van der Waals surface area contributed by atoms with E-state index < -0.39 is 0 Å². The van der Waals surface area contributed by atoms with Crippen molar-refractivity contribution in [2.45, 2.75) is 32.6 Å². The molecule has 1 nitrogen and oxygen atoms in total. The number of nitrogens with one attached hydrogen (secondary N) is 1. The Morgan fingerprint density at radius 3 is 2.53 bits per heavy atom. The lowest BCUT2D eigenvalue weighted by Gasteiger charge is -2.27. The Labute approximate surface area is 109 Å². The van der Waals surface area contributed by atoms with Crippen LogP contribution in [0, 0.1) is 11.8 Å². The molecule has 1 N–H and O–H groups in total. The van der Waals surface area contributed by atoms with E-state index in [0.717, 1.165) is 18.4 Å². The first-order valence-electron chi connectivity index (χ1n) is 6.59. The van der Waals surface area contributed by atoms with Crippen molar-refractivity contribution in [2.24, 2.45) is 11.8 Å². The molecule has 2 heteroatoms. The van der Waals surface area contributed by atoms with Crippen LogP contribution in [0.4, 0.5) is 0 Å². The second kappa shape index (κ2) is 5.92. The van der Waals surface area contributed by atoms with Gasteiger partial charge in [0.15, 0.2) is 0 Å². The Kier molecular flexibility index (Phi) is 4.52. The van der Waals surface area contributed by atoms with Crippen molar-refractivity contribution in [1.29, 1.82) is 0 Å². The molecule has 2 rings (SSSR count). The average Bonchev–Trinajstić information content (AvgIpc) is 2.30. The highest BCUT2D eigenvalue weighted by Gasteiger charge is 2.19. The van der Waals surface area contributed by atoms with E-state index in [0.29, 0.717) is 5.37 Å². The molecule has 1 saturated heterocycles. The van der Waals surface area contributed by atoms with Crippen molar-refractivity contribution >= 4 is 11.8 Å². The number of thioether (sulfide) groups is 1. The van der Waals surface area contributed by atoms with Crippen LogP contribution in [-0.2, 0) is 6.42 Å². The van der Waals surface area contributed by atoms with Crippen molar-refractivity contribution in [3.05, 3.63) is 35.4 Å². The summed E-state index contributed by atoms with van der Waals surface area (Å²) in [5, 5.41) is 4.11. The molecule has 2 atom stereocenters. The van der Waals surface area contributed by atoms with Gasteiger partial charge in [-0.3, -0.25) is 0 Å². The Hall–Kier alpha value is -0.470. The molecule has 0 saturated carbocycles. The molecule has 1 heterocycles. The van der Waals surface area contributed by atoms with Gasteiger partial charge in [-0.1, -0.05) is 45.0 Å². The molecule has 0 amide bonds. The molecule has 0 radical (unpaired) electrons. The monoisotopic (exact) mass is 249 g/mol. The maximum Gasteiger partial charge on any atom is 0.0789 e. The van der Waals surface area contributed by atoms with Gasteiger partial charge < -0.3 is 5.32 Å². The van der Waals surface area contributed by atoms with Crippen LogP contribution in [-0.4, -0.2) is 12.3 Å². The molecule has 0 spiro atoms. The van der Waals surface area contributed by atoms with Gasteiger partial charge in [0, 0.05) is 0 Å². The summed E-state index contributed by atoms with van der Waals surface area (Å²) in [5.74, 6) is 2.81. The predicted molar refractivity (Wildman–Crippen MR) is 77.3 cm³/mol. The van der Waals surface area contributed by atoms with Crippen LogP contribution >= 0.6 is 11.8 Å².